The van der Waals surface area contributed by atoms with E-state index in [2.05, 4.69) is 41.7 Å². The predicted octanol–water partition coefficient (Wildman–Crippen LogP) is 2.13. The molecular weight excluding hydrogens is 216 g/mol. The van der Waals surface area contributed by atoms with Crippen LogP contribution >= 0.6 is 11.8 Å². The van der Waals surface area contributed by atoms with Gasteiger partial charge in [-0.25, -0.2) is 0 Å². The summed E-state index contributed by atoms with van der Waals surface area (Å²) in [6.45, 7) is 3.26. The number of hydrogen-bond donors (Lipinski definition) is 1. The molecule has 2 rings (SSSR count). The van der Waals surface area contributed by atoms with E-state index in [9.17, 15) is 0 Å². The SMILES string of the molecule is CSCCNCc1ccc2c(c1)CCN2C. The fourth-order valence-electron chi connectivity index (χ4n) is 2.14. The first-order chi connectivity index (χ1) is 7.81. The molecule has 1 heterocycles. The summed E-state index contributed by atoms with van der Waals surface area (Å²) in [5.41, 5.74) is 4.33. The van der Waals surface area contributed by atoms with Gasteiger partial charge in [0, 0.05) is 38.1 Å². The number of anilines is 1. The van der Waals surface area contributed by atoms with Crippen molar-refractivity contribution in [1.29, 1.82) is 0 Å². The summed E-state index contributed by atoms with van der Waals surface area (Å²) < 4.78 is 0. The standard InChI is InChI=1S/C13H20N2S/c1-15-7-5-12-9-11(3-4-13(12)15)10-14-6-8-16-2/h3-4,9,14H,5-8,10H2,1-2H3. The molecule has 0 amide bonds. The van der Waals surface area contributed by atoms with Gasteiger partial charge in [0.15, 0.2) is 0 Å². The third-order valence-corrected chi connectivity index (χ3v) is 3.70. The van der Waals surface area contributed by atoms with E-state index >= 15 is 0 Å². The fraction of sp³-hybridized carbons (Fsp3) is 0.538. The van der Waals surface area contributed by atoms with Crippen LogP contribution < -0.4 is 10.2 Å². The average molecular weight is 236 g/mol. The van der Waals surface area contributed by atoms with Gasteiger partial charge in [-0.2, -0.15) is 11.8 Å². The number of likely N-dealkylation sites (N-methyl/N-ethyl adjacent to an activating group) is 1. The molecule has 16 heavy (non-hydrogen) atoms. The number of nitrogens with one attached hydrogen (secondary N) is 1. The lowest BCUT2D eigenvalue weighted by molar-refractivity contribution is 0.732. The normalized spacial score (nSPS) is 14.2. The molecule has 0 saturated heterocycles. The molecule has 0 spiro atoms. The van der Waals surface area contributed by atoms with E-state index in [4.69, 9.17) is 0 Å². The monoisotopic (exact) mass is 236 g/mol. The average Bonchev–Trinajstić information content (AvgIpc) is 2.66. The molecule has 2 nitrogen and oxygen atoms in total. The third-order valence-electron chi connectivity index (χ3n) is 3.08. The summed E-state index contributed by atoms with van der Waals surface area (Å²) in [7, 11) is 2.17. The first kappa shape index (κ1) is 11.8. The highest BCUT2D eigenvalue weighted by atomic mass is 32.2. The van der Waals surface area contributed by atoms with E-state index in [1.54, 1.807) is 0 Å². The van der Waals surface area contributed by atoms with E-state index < -0.39 is 0 Å². The Labute approximate surface area is 102 Å². The Kier molecular flexibility index (Phi) is 4.13. The van der Waals surface area contributed by atoms with Gasteiger partial charge in [-0.3, -0.25) is 0 Å². The molecular formula is C13H20N2S. The zero-order valence-corrected chi connectivity index (χ0v) is 10.9. The van der Waals surface area contributed by atoms with Crippen LogP contribution in [0.25, 0.3) is 0 Å². The van der Waals surface area contributed by atoms with Gasteiger partial charge in [0.2, 0.25) is 0 Å². The number of rotatable bonds is 5. The van der Waals surface area contributed by atoms with Crippen LogP contribution in [0.1, 0.15) is 11.1 Å². The highest BCUT2D eigenvalue weighted by Crippen LogP contribution is 2.27. The largest absolute Gasteiger partial charge is 0.374 e. The number of benzene rings is 1. The van der Waals surface area contributed by atoms with Crippen LogP contribution in [0.3, 0.4) is 0 Å². The fourth-order valence-corrected chi connectivity index (χ4v) is 2.49. The molecule has 3 heteroatoms. The second-order valence-electron chi connectivity index (χ2n) is 4.30. The second kappa shape index (κ2) is 5.60. The molecule has 1 aliphatic rings. The van der Waals surface area contributed by atoms with Gasteiger partial charge in [-0.15, -0.1) is 0 Å². The minimum absolute atomic E-state index is 0.998. The van der Waals surface area contributed by atoms with E-state index in [0.29, 0.717) is 0 Å². The van der Waals surface area contributed by atoms with Gasteiger partial charge in [-0.1, -0.05) is 12.1 Å². The van der Waals surface area contributed by atoms with Gasteiger partial charge in [0.1, 0.15) is 0 Å². The van der Waals surface area contributed by atoms with Gasteiger partial charge in [0.25, 0.3) is 0 Å². The summed E-state index contributed by atoms with van der Waals surface area (Å²) >= 11 is 1.89. The molecule has 0 saturated carbocycles. The van der Waals surface area contributed by atoms with Crippen LogP contribution in [0.15, 0.2) is 18.2 Å². The van der Waals surface area contributed by atoms with Crippen molar-refractivity contribution in [3.8, 4) is 0 Å². The molecule has 0 fully saturated rings. The highest BCUT2D eigenvalue weighted by Gasteiger charge is 2.14. The lowest BCUT2D eigenvalue weighted by atomic mass is 10.1. The van der Waals surface area contributed by atoms with Gasteiger partial charge >= 0.3 is 0 Å². The van der Waals surface area contributed by atoms with E-state index in [1.165, 1.54) is 35.5 Å². The van der Waals surface area contributed by atoms with Crippen molar-refractivity contribution in [1.82, 2.24) is 5.32 Å². The Morgan fingerprint density at radius 1 is 1.44 bits per heavy atom. The maximum Gasteiger partial charge on any atom is 0.0397 e. The molecule has 88 valence electrons. The smallest absolute Gasteiger partial charge is 0.0397 e. The molecule has 0 radical (unpaired) electrons. The van der Waals surface area contributed by atoms with Crippen molar-refractivity contribution in [3.63, 3.8) is 0 Å². The Morgan fingerprint density at radius 2 is 2.31 bits per heavy atom. The quantitative estimate of drug-likeness (QED) is 0.789. The minimum atomic E-state index is 0.998. The summed E-state index contributed by atoms with van der Waals surface area (Å²) in [6.07, 6.45) is 3.34. The minimum Gasteiger partial charge on any atom is -0.374 e. The zero-order chi connectivity index (χ0) is 11.4. The van der Waals surface area contributed by atoms with Crippen LogP contribution in [0.2, 0.25) is 0 Å². The first-order valence-corrected chi connectivity index (χ1v) is 7.23. The van der Waals surface area contributed by atoms with Crippen molar-refractivity contribution in [2.75, 3.05) is 37.0 Å². The predicted molar refractivity (Wildman–Crippen MR) is 73.5 cm³/mol. The lowest BCUT2D eigenvalue weighted by Crippen LogP contribution is -2.16. The van der Waals surface area contributed by atoms with Crippen LogP contribution in [-0.2, 0) is 13.0 Å². The Hall–Kier alpha value is -0.670. The highest BCUT2D eigenvalue weighted by molar-refractivity contribution is 7.98. The molecule has 0 atom stereocenters. The Balaban J connectivity index is 1.92. The number of fused-ring (bicyclic) bond motifs is 1. The Morgan fingerprint density at radius 3 is 3.12 bits per heavy atom. The van der Waals surface area contributed by atoms with Crippen molar-refractivity contribution in [3.05, 3.63) is 29.3 Å². The van der Waals surface area contributed by atoms with Gasteiger partial charge in [0.05, 0.1) is 0 Å². The van der Waals surface area contributed by atoms with Crippen LogP contribution in [0.4, 0.5) is 5.69 Å². The number of nitrogens with zero attached hydrogens (tertiary/aromatic N) is 1. The van der Waals surface area contributed by atoms with Crippen LogP contribution in [0.5, 0.6) is 0 Å². The number of thioether (sulfide) groups is 1. The third kappa shape index (κ3) is 2.71. The first-order valence-electron chi connectivity index (χ1n) is 5.84. The molecule has 0 bridgehead atoms. The van der Waals surface area contributed by atoms with E-state index in [0.717, 1.165) is 13.1 Å². The van der Waals surface area contributed by atoms with Crippen molar-refractivity contribution < 1.29 is 0 Å². The van der Waals surface area contributed by atoms with Gasteiger partial charge in [-0.05, 0) is 29.9 Å². The maximum atomic E-state index is 3.47. The lowest BCUT2D eigenvalue weighted by Gasteiger charge is -2.12. The Bertz CT molecular complexity index is 352. The molecule has 1 aromatic rings. The van der Waals surface area contributed by atoms with Crippen molar-refractivity contribution in [2.24, 2.45) is 0 Å². The summed E-state index contributed by atoms with van der Waals surface area (Å²) in [6, 6.07) is 6.85. The second-order valence-corrected chi connectivity index (χ2v) is 5.29. The van der Waals surface area contributed by atoms with Crippen molar-refractivity contribution in [2.45, 2.75) is 13.0 Å². The molecule has 0 aliphatic carbocycles. The molecule has 1 aromatic carbocycles. The molecule has 1 N–H and O–H groups in total. The summed E-state index contributed by atoms with van der Waals surface area (Å²) in [4.78, 5) is 2.33. The van der Waals surface area contributed by atoms with Crippen LogP contribution in [0, 0.1) is 0 Å². The molecule has 0 unspecified atom stereocenters. The summed E-state index contributed by atoms with van der Waals surface area (Å²) in [5.74, 6) is 1.19. The molecule has 1 aliphatic heterocycles. The molecule has 0 aromatic heterocycles. The number of hydrogen-bond acceptors (Lipinski definition) is 3. The maximum absolute atomic E-state index is 3.47. The van der Waals surface area contributed by atoms with Crippen molar-refractivity contribution >= 4 is 17.4 Å². The van der Waals surface area contributed by atoms with E-state index in [-0.39, 0.29) is 0 Å². The van der Waals surface area contributed by atoms with Crippen LogP contribution in [-0.4, -0.2) is 32.1 Å². The summed E-state index contributed by atoms with van der Waals surface area (Å²) in [5, 5.41) is 3.47. The van der Waals surface area contributed by atoms with Gasteiger partial charge < -0.3 is 10.2 Å². The van der Waals surface area contributed by atoms with E-state index in [1.807, 2.05) is 11.8 Å². The topological polar surface area (TPSA) is 15.3 Å². The zero-order valence-electron chi connectivity index (χ0n) is 10.1.